The summed E-state index contributed by atoms with van der Waals surface area (Å²) in [6, 6.07) is 9.37. The summed E-state index contributed by atoms with van der Waals surface area (Å²) in [6.45, 7) is 0. The van der Waals surface area contributed by atoms with Gasteiger partial charge in [0.05, 0.1) is 23.6 Å². The highest BCUT2D eigenvalue weighted by Gasteiger charge is 2.33. The van der Waals surface area contributed by atoms with Crippen LogP contribution in [0.1, 0.15) is 41.5 Å². The molecule has 0 spiro atoms. The quantitative estimate of drug-likeness (QED) is 0.337. The summed E-state index contributed by atoms with van der Waals surface area (Å²) >= 11 is 0. The van der Waals surface area contributed by atoms with Crippen molar-refractivity contribution in [1.82, 2.24) is 10.9 Å². The van der Waals surface area contributed by atoms with Crippen molar-refractivity contribution in [2.45, 2.75) is 31.6 Å². The van der Waals surface area contributed by atoms with Gasteiger partial charge in [0.15, 0.2) is 0 Å². The summed E-state index contributed by atoms with van der Waals surface area (Å²) < 4.78 is 77.3. The Bertz CT molecular complexity index is 950. The third-order valence-corrected chi connectivity index (χ3v) is 4.13. The van der Waals surface area contributed by atoms with E-state index in [1.807, 2.05) is 0 Å². The van der Waals surface area contributed by atoms with Crippen molar-refractivity contribution in [2.24, 2.45) is 10.2 Å². The number of amides is 2. The van der Waals surface area contributed by atoms with Gasteiger partial charge in [0, 0.05) is 24.0 Å². The zero-order chi connectivity index (χ0) is 24.5. The summed E-state index contributed by atoms with van der Waals surface area (Å²) in [6.07, 6.45) is -7.68. The lowest BCUT2D eigenvalue weighted by molar-refractivity contribution is -0.138. The Morgan fingerprint density at radius 3 is 1.42 bits per heavy atom. The maximum absolute atomic E-state index is 12.9. The van der Waals surface area contributed by atoms with E-state index in [9.17, 15) is 35.9 Å². The van der Waals surface area contributed by atoms with Crippen LogP contribution in [-0.2, 0) is 21.9 Å². The summed E-state index contributed by atoms with van der Waals surface area (Å²) in [7, 11) is 0. The molecule has 0 saturated carbocycles. The second-order valence-electron chi connectivity index (χ2n) is 6.61. The molecule has 2 aromatic rings. The third-order valence-electron chi connectivity index (χ3n) is 4.13. The number of nitrogens with zero attached hydrogens (tertiary/aromatic N) is 2. The van der Waals surface area contributed by atoms with E-state index in [0.717, 1.165) is 24.6 Å². The van der Waals surface area contributed by atoms with E-state index in [4.69, 9.17) is 0 Å². The second kappa shape index (κ2) is 11.2. The average molecular weight is 472 g/mol. The molecule has 2 aromatic carbocycles. The number of hydrogen-bond acceptors (Lipinski definition) is 4. The molecule has 0 bridgehead atoms. The first-order valence-electron chi connectivity index (χ1n) is 9.44. The lowest BCUT2D eigenvalue weighted by atomic mass is 10.1. The molecule has 176 valence electrons. The number of carbonyl (C=O) groups excluding carboxylic acids is 2. The summed E-state index contributed by atoms with van der Waals surface area (Å²) in [4.78, 5) is 23.4. The van der Waals surface area contributed by atoms with Crippen LogP contribution in [0.3, 0.4) is 0 Å². The van der Waals surface area contributed by atoms with Crippen LogP contribution in [0.15, 0.2) is 58.7 Å². The fourth-order valence-electron chi connectivity index (χ4n) is 2.60. The van der Waals surface area contributed by atoms with Gasteiger partial charge in [0.1, 0.15) is 0 Å². The highest BCUT2D eigenvalue weighted by atomic mass is 19.4. The van der Waals surface area contributed by atoms with Crippen LogP contribution < -0.4 is 10.9 Å². The van der Waals surface area contributed by atoms with E-state index in [-0.39, 0.29) is 30.4 Å². The third kappa shape index (κ3) is 8.39. The van der Waals surface area contributed by atoms with Gasteiger partial charge in [-0.2, -0.15) is 36.5 Å². The van der Waals surface area contributed by atoms with E-state index in [2.05, 4.69) is 21.1 Å². The van der Waals surface area contributed by atoms with Gasteiger partial charge in [-0.05, 0) is 18.6 Å². The number of nitrogens with one attached hydrogen (secondary N) is 2. The van der Waals surface area contributed by atoms with Gasteiger partial charge in [-0.15, -0.1) is 0 Å². The Morgan fingerprint density at radius 2 is 1.06 bits per heavy atom. The minimum atomic E-state index is -4.57. The number of carbonyl (C=O) groups is 2. The number of hydrazone groups is 2. The Morgan fingerprint density at radius 1 is 0.697 bits per heavy atom. The molecule has 0 aliphatic carbocycles. The molecule has 0 heterocycles. The monoisotopic (exact) mass is 472 g/mol. The molecule has 2 rings (SSSR count). The SMILES string of the molecule is O=C(CCCC(=O)NN=Cc1ccccc1C(F)(F)F)NN=Cc1ccccc1C(F)(F)F. The number of alkyl halides is 6. The highest BCUT2D eigenvalue weighted by Crippen LogP contribution is 2.31. The average Bonchev–Trinajstić information content (AvgIpc) is 2.73. The van der Waals surface area contributed by atoms with Crippen LogP contribution in [-0.4, -0.2) is 24.2 Å². The van der Waals surface area contributed by atoms with Gasteiger partial charge >= 0.3 is 12.4 Å². The molecule has 0 saturated heterocycles. The van der Waals surface area contributed by atoms with Gasteiger partial charge in [-0.25, -0.2) is 10.9 Å². The molecule has 2 N–H and O–H groups in total. The van der Waals surface area contributed by atoms with Crippen molar-refractivity contribution < 1.29 is 35.9 Å². The largest absolute Gasteiger partial charge is 0.417 e. The van der Waals surface area contributed by atoms with E-state index >= 15 is 0 Å². The Kier molecular flexibility index (Phi) is 8.71. The molecular weight excluding hydrogens is 454 g/mol. The first-order valence-corrected chi connectivity index (χ1v) is 9.44. The van der Waals surface area contributed by atoms with Gasteiger partial charge in [-0.1, -0.05) is 36.4 Å². The highest BCUT2D eigenvalue weighted by molar-refractivity contribution is 5.85. The first kappa shape index (κ1) is 25.6. The molecule has 0 fully saturated rings. The predicted molar refractivity (Wildman–Crippen MR) is 108 cm³/mol. The normalized spacial score (nSPS) is 12.3. The molecule has 12 heteroatoms. The molecule has 0 radical (unpaired) electrons. The number of rotatable bonds is 8. The summed E-state index contributed by atoms with van der Waals surface area (Å²) in [5.74, 6) is -1.27. The zero-order valence-corrected chi connectivity index (χ0v) is 16.9. The van der Waals surface area contributed by atoms with Crippen LogP contribution in [0, 0.1) is 0 Å². The molecular formula is C21H18F6N4O2. The summed E-state index contributed by atoms with van der Waals surface area (Å²) in [5.41, 5.74) is 1.86. The molecule has 0 aliphatic rings. The fraction of sp³-hybridized carbons (Fsp3) is 0.238. The first-order chi connectivity index (χ1) is 15.5. The zero-order valence-electron chi connectivity index (χ0n) is 16.9. The van der Waals surface area contributed by atoms with Crippen LogP contribution >= 0.6 is 0 Å². The van der Waals surface area contributed by atoms with Gasteiger partial charge < -0.3 is 0 Å². The summed E-state index contributed by atoms with van der Waals surface area (Å²) in [5, 5.41) is 6.97. The van der Waals surface area contributed by atoms with Crippen molar-refractivity contribution >= 4 is 24.2 Å². The van der Waals surface area contributed by atoms with E-state index in [1.54, 1.807) is 0 Å². The molecule has 6 nitrogen and oxygen atoms in total. The van der Waals surface area contributed by atoms with E-state index in [0.29, 0.717) is 0 Å². The smallest absolute Gasteiger partial charge is 0.273 e. The molecule has 0 atom stereocenters. The van der Waals surface area contributed by atoms with E-state index in [1.165, 1.54) is 36.4 Å². The molecule has 33 heavy (non-hydrogen) atoms. The van der Waals surface area contributed by atoms with Crippen LogP contribution in [0.5, 0.6) is 0 Å². The lowest BCUT2D eigenvalue weighted by Crippen LogP contribution is -2.20. The number of benzene rings is 2. The topological polar surface area (TPSA) is 82.9 Å². The maximum atomic E-state index is 12.9. The van der Waals surface area contributed by atoms with Crippen molar-refractivity contribution in [3.63, 3.8) is 0 Å². The fourth-order valence-corrected chi connectivity index (χ4v) is 2.60. The van der Waals surface area contributed by atoms with E-state index < -0.39 is 35.3 Å². The van der Waals surface area contributed by atoms with Crippen LogP contribution in [0.25, 0.3) is 0 Å². The molecule has 0 unspecified atom stereocenters. The minimum absolute atomic E-state index is 0.0565. The Balaban J connectivity index is 1.77. The van der Waals surface area contributed by atoms with Crippen molar-refractivity contribution in [1.29, 1.82) is 0 Å². The number of hydrogen-bond donors (Lipinski definition) is 2. The Hall–Kier alpha value is -3.70. The standard InChI is InChI=1S/C21H18F6N4O2/c22-20(23,24)16-8-3-1-6-14(16)12-28-30-18(32)10-5-11-19(33)31-29-13-15-7-2-4-9-17(15)21(25,26)27/h1-4,6-9,12-13H,5,10-11H2,(H,30,32)(H,31,33). The molecule has 2 amide bonds. The van der Waals surface area contributed by atoms with Gasteiger partial charge in [-0.3, -0.25) is 9.59 Å². The molecule has 0 aliphatic heterocycles. The van der Waals surface area contributed by atoms with Crippen molar-refractivity contribution in [2.75, 3.05) is 0 Å². The second-order valence-corrected chi connectivity index (χ2v) is 6.61. The van der Waals surface area contributed by atoms with Crippen molar-refractivity contribution in [3.05, 3.63) is 70.8 Å². The maximum Gasteiger partial charge on any atom is 0.417 e. The lowest BCUT2D eigenvalue weighted by Gasteiger charge is -2.09. The predicted octanol–water partition coefficient (Wildman–Crippen LogP) is 4.49. The van der Waals surface area contributed by atoms with Gasteiger partial charge in [0.2, 0.25) is 11.8 Å². The van der Waals surface area contributed by atoms with Crippen LogP contribution in [0.4, 0.5) is 26.3 Å². The Labute approximate surface area is 184 Å². The number of halogens is 6. The molecule has 0 aromatic heterocycles. The van der Waals surface area contributed by atoms with Crippen LogP contribution in [0.2, 0.25) is 0 Å². The van der Waals surface area contributed by atoms with Crippen molar-refractivity contribution in [3.8, 4) is 0 Å². The minimum Gasteiger partial charge on any atom is -0.273 e. The van der Waals surface area contributed by atoms with Gasteiger partial charge in [0.25, 0.3) is 0 Å².